The maximum Gasteiger partial charge on any atom is 0.0690 e. The second-order valence-electron chi connectivity index (χ2n) is 2.82. The molecule has 0 aliphatic carbocycles. The molecular formula is C9H10KN3. The van der Waals surface area contributed by atoms with Gasteiger partial charge < -0.3 is 0 Å². The fraction of sp³-hybridized carbons (Fsp3) is 0.111. The van der Waals surface area contributed by atoms with Gasteiger partial charge in [-0.25, -0.2) is 0 Å². The minimum Gasteiger partial charge on any atom is -0.266 e. The van der Waals surface area contributed by atoms with Gasteiger partial charge in [-0.3, -0.25) is 5.10 Å². The molecule has 62 valence electrons. The standard InChI is InChI=1S/C7H7.C2H3N3.K/c1-7-5-3-2-4-6-7;1-2-4-5-3-1;/h3-6H,1H3;1-2H,(H,3,4,5);. The van der Waals surface area contributed by atoms with Crippen molar-refractivity contribution in [1.29, 1.82) is 0 Å². The van der Waals surface area contributed by atoms with Gasteiger partial charge in [0.05, 0.1) is 6.20 Å². The summed E-state index contributed by atoms with van der Waals surface area (Å²) in [5, 5.41) is 9.26. The van der Waals surface area contributed by atoms with E-state index in [4.69, 9.17) is 0 Å². The van der Waals surface area contributed by atoms with Crippen molar-refractivity contribution in [2.75, 3.05) is 0 Å². The van der Waals surface area contributed by atoms with Crippen LogP contribution in [-0.2, 0) is 0 Å². The van der Waals surface area contributed by atoms with Gasteiger partial charge in [0.2, 0.25) is 0 Å². The van der Waals surface area contributed by atoms with Crippen molar-refractivity contribution >= 4 is 48.6 Å². The Bertz CT molecular complexity index is 277. The number of aromatic nitrogens is 3. The van der Waals surface area contributed by atoms with E-state index in [2.05, 4.69) is 46.6 Å². The quantitative estimate of drug-likeness (QED) is 0.631. The van der Waals surface area contributed by atoms with Crippen molar-refractivity contribution in [3.8, 4) is 0 Å². The molecular weight excluding hydrogens is 189 g/mol. The zero-order valence-corrected chi connectivity index (χ0v) is 11.0. The van der Waals surface area contributed by atoms with Crippen LogP contribution in [0, 0.1) is 6.92 Å². The van der Waals surface area contributed by atoms with E-state index in [-0.39, 0.29) is 0 Å². The van der Waals surface area contributed by atoms with E-state index in [1.54, 1.807) is 12.4 Å². The number of benzene rings is 1. The Morgan fingerprint density at radius 2 is 1.92 bits per heavy atom. The van der Waals surface area contributed by atoms with E-state index >= 15 is 0 Å². The third-order valence-corrected chi connectivity index (χ3v) is 2.59. The third kappa shape index (κ3) is 5.33. The molecule has 13 heavy (non-hydrogen) atoms. The van der Waals surface area contributed by atoms with Crippen molar-refractivity contribution in [3.63, 3.8) is 0 Å². The molecule has 0 atom stereocenters. The van der Waals surface area contributed by atoms with E-state index in [1.807, 2.05) is 0 Å². The first-order valence-corrected chi connectivity index (χ1v) is 5.69. The Morgan fingerprint density at radius 3 is 2.23 bits per heavy atom. The molecule has 0 fully saturated rings. The number of nitrogens with one attached hydrogen (secondary N) is 1. The number of nitrogens with zero attached hydrogens (tertiary/aromatic N) is 2. The molecule has 0 amide bonds. The van der Waals surface area contributed by atoms with Crippen LogP contribution in [0.3, 0.4) is 0 Å². The van der Waals surface area contributed by atoms with Crippen LogP contribution in [-0.4, -0.2) is 64.4 Å². The van der Waals surface area contributed by atoms with Gasteiger partial charge in [-0.1, -0.05) is 5.21 Å². The van der Waals surface area contributed by atoms with Crippen molar-refractivity contribution in [1.82, 2.24) is 15.4 Å². The van der Waals surface area contributed by atoms with Crippen LogP contribution in [0.2, 0.25) is 0 Å². The maximum absolute atomic E-state index is 3.42. The molecule has 2 rings (SSSR count). The van der Waals surface area contributed by atoms with Gasteiger partial charge in [0.15, 0.2) is 0 Å². The van der Waals surface area contributed by atoms with E-state index in [0.29, 0.717) is 0 Å². The van der Waals surface area contributed by atoms with Crippen LogP contribution in [0.15, 0.2) is 36.7 Å². The summed E-state index contributed by atoms with van der Waals surface area (Å²) in [4.78, 5) is 0. The molecule has 1 N–H and O–H groups in total. The zero-order chi connectivity index (χ0) is 9.52. The van der Waals surface area contributed by atoms with Crippen LogP contribution in [0.5, 0.6) is 0 Å². The van der Waals surface area contributed by atoms with Crippen molar-refractivity contribution < 1.29 is 0 Å². The van der Waals surface area contributed by atoms with Gasteiger partial charge >= 0.3 is 85.4 Å². The molecule has 0 spiro atoms. The topological polar surface area (TPSA) is 41.6 Å². The van der Waals surface area contributed by atoms with Gasteiger partial charge in [-0.15, -0.1) is 5.10 Å². The molecule has 2 aromatic rings. The summed E-state index contributed by atoms with van der Waals surface area (Å²) in [7, 11) is 0. The number of rotatable bonds is 0. The number of aryl methyl sites for hydroxylation is 1. The molecule has 1 aromatic carbocycles. The van der Waals surface area contributed by atoms with Crippen LogP contribution in [0.4, 0.5) is 0 Å². The van der Waals surface area contributed by atoms with Gasteiger partial charge in [-0.05, 0) is 0 Å². The Hall–Kier alpha value is -0.00364. The van der Waals surface area contributed by atoms with Crippen LogP contribution in [0.25, 0.3) is 0 Å². The van der Waals surface area contributed by atoms with Gasteiger partial charge in [0.1, 0.15) is 0 Å². The number of hydrogen-bond acceptors (Lipinski definition) is 2. The van der Waals surface area contributed by atoms with Crippen molar-refractivity contribution in [2.24, 2.45) is 0 Å². The zero-order valence-electron chi connectivity index (χ0n) is 7.86. The van der Waals surface area contributed by atoms with Crippen molar-refractivity contribution in [2.45, 2.75) is 6.92 Å². The Balaban J connectivity index is 0.000000145. The molecule has 0 saturated carbocycles. The normalized spacial score (nSPS) is 8.85. The Kier molecular flexibility index (Phi) is 5.49. The fourth-order valence-corrected chi connectivity index (χ4v) is 1.32. The molecule has 0 saturated heterocycles. The summed E-state index contributed by atoms with van der Waals surface area (Å²) in [6.45, 7) is 2.12. The summed E-state index contributed by atoms with van der Waals surface area (Å²) in [5.74, 6) is 0. The van der Waals surface area contributed by atoms with E-state index in [0.717, 1.165) is 49.0 Å². The van der Waals surface area contributed by atoms with E-state index in [9.17, 15) is 0 Å². The summed E-state index contributed by atoms with van der Waals surface area (Å²) in [5.41, 5.74) is 1.36. The summed E-state index contributed by atoms with van der Waals surface area (Å²) in [6.07, 6.45) is 3.24. The van der Waals surface area contributed by atoms with Crippen LogP contribution in [0.1, 0.15) is 5.56 Å². The third-order valence-electron chi connectivity index (χ3n) is 1.55. The van der Waals surface area contributed by atoms with Crippen LogP contribution >= 0.6 is 0 Å². The van der Waals surface area contributed by atoms with Crippen molar-refractivity contribution in [3.05, 3.63) is 42.2 Å². The smallest absolute Gasteiger partial charge is 0.0690 e. The summed E-state index contributed by atoms with van der Waals surface area (Å²) >= 11 is 0.848. The van der Waals surface area contributed by atoms with Crippen LogP contribution < -0.4 is -0.342 Å². The average Bonchev–Trinajstić information content (AvgIpc) is 2.68. The molecule has 1 aromatic heterocycles. The first kappa shape index (κ1) is 11.1. The molecule has 0 radical (unpaired) electrons. The molecule has 3 nitrogen and oxygen atoms in total. The van der Waals surface area contributed by atoms with Gasteiger partial charge in [0, 0.05) is 6.20 Å². The SMILES string of the molecule is Cc1cc[c]([K])cc1.c1c[nH]nn1. The molecule has 0 aliphatic rings. The predicted octanol–water partition coefficient (Wildman–Crippen LogP) is 0.594. The predicted molar refractivity (Wildman–Crippen MR) is 52.9 cm³/mol. The molecule has 4 heteroatoms. The number of aromatic amines is 1. The Labute approximate surface area is 112 Å². The average molecular weight is 199 g/mol. The largest absolute Gasteiger partial charge is 0.266 e. The van der Waals surface area contributed by atoms with Gasteiger partial charge in [0.25, 0.3) is 0 Å². The number of hydrogen-bond donors (Lipinski definition) is 1. The molecule has 1 heterocycles. The Morgan fingerprint density at radius 1 is 1.23 bits per heavy atom. The molecule has 0 aliphatic heterocycles. The first-order chi connectivity index (χ1) is 6.29. The minimum atomic E-state index is 0.848. The molecule has 0 unspecified atom stereocenters. The summed E-state index contributed by atoms with van der Waals surface area (Å²) in [6, 6.07) is 8.74. The number of H-pyrrole nitrogens is 1. The van der Waals surface area contributed by atoms with Gasteiger partial charge in [-0.2, -0.15) is 0 Å². The summed E-state index contributed by atoms with van der Waals surface area (Å²) < 4.78 is 1.52. The second kappa shape index (κ2) is 6.45. The van der Waals surface area contributed by atoms with E-state index in [1.165, 1.54) is 5.22 Å². The minimum absolute atomic E-state index is 0.848. The second-order valence-corrected chi connectivity index (χ2v) is 4.62. The molecule has 0 bridgehead atoms. The first-order valence-electron chi connectivity index (χ1n) is 4.13. The fourth-order valence-electron chi connectivity index (χ4n) is 0.804. The van der Waals surface area contributed by atoms with E-state index < -0.39 is 0 Å². The monoisotopic (exact) mass is 199 g/mol. The maximum atomic E-state index is 3.42.